The largest absolute Gasteiger partial charge is 0.465 e. The fraction of sp³-hybridized carbons (Fsp3) is 0.333. The van der Waals surface area contributed by atoms with Gasteiger partial charge in [-0.25, -0.2) is 9.18 Å². The molecule has 21 heavy (non-hydrogen) atoms. The van der Waals surface area contributed by atoms with Crippen molar-refractivity contribution in [3.8, 4) is 0 Å². The predicted octanol–water partition coefficient (Wildman–Crippen LogP) is 2.20. The van der Waals surface area contributed by atoms with E-state index in [1.165, 1.54) is 17.0 Å². The van der Waals surface area contributed by atoms with E-state index in [1.807, 2.05) is 0 Å². The molecule has 0 spiro atoms. The highest BCUT2D eigenvalue weighted by molar-refractivity contribution is 5.82. The molecule has 1 aromatic heterocycles. The Balaban J connectivity index is 1.97. The van der Waals surface area contributed by atoms with E-state index in [1.54, 1.807) is 18.3 Å². The summed E-state index contributed by atoms with van der Waals surface area (Å²) in [5, 5.41) is 19.9. The zero-order valence-corrected chi connectivity index (χ0v) is 11.2. The number of carboxylic acid groups (broad SMARTS) is 1. The predicted molar refractivity (Wildman–Crippen MR) is 74.7 cm³/mol. The SMILES string of the molecule is O=C(O)N1CCC(c2ccnc3ccc(F)cc23)C(O)C1. The standard InChI is InChI=1S/C15H15FN2O3/c16-9-1-2-13-12(7-9)10(3-5-17-13)11-4-6-18(15(20)21)8-14(11)19/h1-3,5,7,11,14,19H,4,6,8H2,(H,20,21). The first kappa shape index (κ1) is 13.8. The number of carbonyl (C=O) groups is 1. The fourth-order valence-corrected chi connectivity index (χ4v) is 2.93. The fourth-order valence-electron chi connectivity index (χ4n) is 2.93. The van der Waals surface area contributed by atoms with Crippen molar-refractivity contribution in [2.45, 2.75) is 18.4 Å². The summed E-state index contributed by atoms with van der Waals surface area (Å²) >= 11 is 0. The van der Waals surface area contributed by atoms with Crippen molar-refractivity contribution in [1.29, 1.82) is 0 Å². The summed E-state index contributed by atoms with van der Waals surface area (Å²) in [7, 11) is 0. The summed E-state index contributed by atoms with van der Waals surface area (Å²) in [6.45, 7) is 0.426. The van der Waals surface area contributed by atoms with Crippen LogP contribution in [0.15, 0.2) is 30.5 Å². The molecule has 3 rings (SSSR count). The maximum Gasteiger partial charge on any atom is 0.407 e. The Hall–Kier alpha value is -2.21. The number of aromatic nitrogens is 1. The molecule has 2 N–H and O–H groups in total. The second kappa shape index (κ2) is 5.29. The molecule has 0 aliphatic carbocycles. The number of likely N-dealkylation sites (tertiary alicyclic amines) is 1. The third-order valence-corrected chi connectivity index (χ3v) is 3.99. The van der Waals surface area contributed by atoms with E-state index < -0.39 is 12.2 Å². The van der Waals surface area contributed by atoms with E-state index in [0.29, 0.717) is 23.9 Å². The average Bonchev–Trinajstić information content (AvgIpc) is 2.46. The van der Waals surface area contributed by atoms with Gasteiger partial charge in [0.25, 0.3) is 0 Å². The van der Waals surface area contributed by atoms with Crippen molar-refractivity contribution in [3.05, 3.63) is 41.8 Å². The van der Waals surface area contributed by atoms with Gasteiger partial charge in [0.2, 0.25) is 0 Å². The van der Waals surface area contributed by atoms with Gasteiger partial charge in [-0.1, -0.05) is 0 Å². The molecule has 5 nitrogen and oxygen atoms in total. The quantitative estimate of drug-likeness (QED) is 0.844. The van der Waals surface area contributed by atoms with Crippen molar-refractivity contribution in [2.75, 3.05) is 13.1 Å². The number of hydrogen-bond acceptors (Lipinski definition) is 3. The van der Waals surface area contributed by atoms with Crippen molar-refractivity contribution >= 4 is 17.0 Å². The summed E-state index contributed by atoms with van der Waals surface area (Å²) in [4.78, 5) is 16.3. The molecule has 1 fully saturated rings. The zero-order valence-electron chi connectivity index (χ0n) is 11.2. The van der Waals surface area contributed by atoms with Gasteiger partial charge in [0.1, 0.15) is 5.82 Å². The van der Waals surface area contributed by atoms with Gasteiger partial charge in [-0.2, -0.15) is 0 Å². The van der Waals surface area contributed by atoms with Crippen LogP contribution in [-0.4, -0.2) is 45.4 Å². The molecule has 2 aromatic rings. The Morgan fingerprint density at radius 1 is 1.38 bits per heavy atom. The number of aliphatic hydroxyl groups is 1. The normalized spacial score (nSPS) is 22.5. The number of aliphatic hydroxyl groups excluding tert-OH is 1. The molecule has 2 atom stereocenters. The smallest absolute Gasteiger partial charge is 0.407 e. The van der Waals surface area contributed by atoms with Crippen molar-refractivity contribution in [1.82, 2.24) is 9.88 Å². The first-order valence-corrected chi connectivity index (χ1v) is 6.76. The topological polar surface area (TPSA) is 73.7 Å². The molecule has 0 radical (unpaired) electrons. The number of hydrogen-bond donors (Lipinski definition) is 2. The third-order valence-electron chi connectivity index (χ3n) is 3.99. The number of piperidine rings is 1. The summed E-state index contributed by atoms with van der Waals surface area (Å²) in [5.74, 6) is -0.567. The van der Waals surface area contributed by atoms with Crippen LogP contribution in [-0.2, 0) is 0 Å². The number of benzene rings is 1. The molecule has 0 saturated carbocycles. The van der Waals surface area contributed by atoms with Crippen LogP contribution in [0.25, 0.3) is 10.9 Å². The van der Waals surface area contributed by atoms with Crippen LogP contribution >= 0.6 is 0 Å². The number of β-amino-alcohol motifs (C(OH)–C–C–N with tert-alkyl or cyclic N) is 1. The average molecular weight is 290 g/mol. The van der Waals surface area contributed by atoms with Gasteiger partial charge in [0, 0.05) is 24.0 Å². The van der Waals surface area contributed by atoms with Crippen LogP contribution in [0.2, 0.25) is 0 Å². The molecule has 1 aliphatic rings. The molecule has 1 aromatic carbocycles. The van der Waals surface area contributed by atoms with Gasteiger partial charge < -0.3 is 15.1 Å². The molecule has 2 unspecified atom stereocenters. The molecule has 6 heteroatoms. The zero-order chi connectivity index (χ0) is 15.0. The molecule has 1 aliphatic heterocycles. The van der Waals surface area contributed by atoms with Crippen molar-refractivity contribution in [2.24, 2.45) is 0 Å². The lowest BCUT2D eigenvalue weighted by atomic mass is 9.85. The van der Waals surface area contributed by atoms with E-state index in [2.05, 4.69) is 4.98 Å². The van der Waals surface area contributed by atoms with Crippen LogP contribution in [0.5, 0.6) is 0 Å². The summed E-state index contributed by atoms with van der Waals surface area (Å²) in [6.07, 6.45) is 0.302. The number of fused-ring (bicyclic) bond motifs is 1. The Labute approximate surface area is 120 Å². The number of rotatable bonds is 1. The second-order valence-corrected chi connectivity index (χ2v) is 5.25. The molecule has 1 saturated heterocycles. The Morgan fingerprint density at radius 3 is 2.90 bits per heavy atom. The number of amides is 1. The first-order valence-electron chi connectivity index (χ1n) is 6.76. The van der Waals surface area contributed by atoms with Crippen LogP contribution in [0.4, 0.5) is 9.18 Å². The van der Waals surface area contributed by atoms with E-state index in [4.69, 9.17) is 5.11 Å². The maximum absolute atomic E-state index is 13.5. The minimum atomic E-state index is -1.03. The third kappa shape index (κ3) is 2.54. The van der Waals surface area contributed by atoms with Gasteiger partial charge in [-0.05, 0) is 36.2 Å². The Kier molecular flexibility index (Phi) is 3.47. The number of nitrogens with zero attached hydrogens (tertiary/aromatic N) is 2. The highest BCUT2D eigenvalue weighted by Gasteiger charge is 2.32. The Bertz CT molecular complexity index is 692. The number of pyridine rings is 1. The monoisotopic (exact) mass is 290 g/mol. The Morgan fingerprint density at radius 2 is 2.19 bits per heavy atom. The van der Waals surface area contributed by atoms with Gasteiger partial charge >= 0.3 is 6.09 Å². The minimum absolute atomic E-state index is 0.0686. The summed E-state index contributed by atoms with van der Waals surface area (Å²) in [6, 6.07) is 6.13. The molecule has 0 bridgehead atoms. The molecular weight excluding hydrogens is 275 g/mol. The minimum Gasteiger partial charge on any atom is -0.465 e. The highest BCUT2D eigenvalue weighted by Crippen LogP contribution is 2.33. The molecule has 2 heterocycles. The summed E-state index contributed by atoms with van der Waals surface area (Å²) in [5.41, 5.74) is 1.49. The van der Waals surface area contributed by atoms with Crippen LogP contribution in [0.3, 0.4) is 0 Å². The second-order valence-electron chi connectivity index (χ2n) is 5.25. The lowest BCUT2D eigenvalue weighted by Gasteiger charge is -2.35. The van der Waals surface area contributed by atoms with Gasteiger partial charge in [0.15, 0.2) is 0 Å². The van der Waals surface area contributed by atoms with Crippen LogP contribution < -0.4 is 0 Å². The highest BCUT2D eigenvalue weighted by atomic mass is 19.1. The first-order chi connectivity index (χ1) is 10.1. The lowest BCUT2D eigenvalue weighted by Crippen LogP contribution is -2.45. The maximum atomic E-state index is 13.5. The molecule has 1 amide bonds. The van der Waals surface area contributed by atoms with Crippen LogP contribution in [0, 0.1) is 5.82 Å². The molecule has 110 valence electrons. The van der Waals surface area contributed by atoms with Crippen LogP contribution in [0.1, 0.15) is 17.9 Å². The number of halogens is 1. The lowest BCUT2D eigenvalue weighted by molar-refractivity contribution is 0.0507. The van der Waals surface area contributed by atoms with Gasteiger partial charge in [0.05, 0.1) is 18.2 Å². The van der Waals surface area contributed by atoms with Gasteiger partial charge in [-0.15, -0.1) is 0 Å². The van der Waals surface area contributed by atoms with E-state index >= 15 is 0 Å². The summed E-state index contributed by atoms with van der Waals surface area (Å²) < 4.78 is 13.5. The van der Waals surface area contributed by atoms with Crippen molar-refractivity contribution in [3.63, 3.8) is 0 Å². The molecular formula is C15H15FN2O3. The van der Waals surface area contributed by atoms with Gasteiger partial charge in [-0.3, -0.25) is 4.98 Å². The van der Waals surface area contributed by atoms with E-state index in [-0.39, 0.29) is 18.3 Å². The van der Waals surface area contributed by atoms with E-state index in [9.17, 15) is 14.3 Å². The van der Waals surface area contributed by atoms with Crippen molar-refractivity contribution < 1.29 is 19.4 Å². The van der Waals surface area contributed by atoms with E-state index in [0.717, 1.165) is 5.56 Å².